The minimum atomic E-state index is 0.0709. The van der Waals surface area contributed by atoms with Gasteiger partial charge in [-0.25, -0.2) is 0 Å². The van der Waals surface area contributed by atoms with E-state index >= 15 is 0 Å². The molecule has 0 aromatic heterocycles. The van der Waals surface area contributed by atoms with E-state index in [1.54, 1.807) is 7.05 Å². The van der Waals surface area contributed by atoms with Crippen molar-refractivity contribution in [3.63, 3.8) is 0 Å². The van der Waals surface area contributed by atoms with E-state index in [-0.39, 0.29) is 5.24 Å². The van der Waals surface area contributed by atoms with Gasteiger partial charge in [0, 0.05) is 12.3 Å². The number of rotatable bonds is 1. The normalized spacial score (nSPS) is 23.2. The predicted octanol–water partition coefficient (Wildman–Crippen LogP) is 2.17. The largest absolute Gasteiger partial charge is 0.350 e. The Morgan fingerprint density at radius 2 is 2.55 bits per heavy atom. The van der Waals surface area contributed by atoms with Crippen molar-refractivity contribution in [1.82, 2.24) is 5.32 Å². The Hall–Kier alpha value is -0.440. The Labute approximate surface area is 71.4 Å². The van der Waals surface area contributed by atoms with Crippen LogP contribution in [0.3, 0.4) is 0 Å². The van der Waals surface area contributed by atoms with Gasteiger partial charge in [-0.2, -0.15) is 0 Å². The molecule has 11 heavy (non-hydrogen) atoms. The summed E-state index contributed by atoms with van der Waals surface area (Å²) in [7, 11) is 1.67. The number of carbonyl (C=O) groups is 1. The van der Waals surface area contributed by atoms with Gasteiger partial charge in [0.05, 0.1) is 0 Å². The molecule has 1 rings (SSSR count). The van der Waals surface area contributed by atoms with Crippen molar-refractivity contribution < 1.29 is 4.79 Å². The summed E-state index contributed by atoms with van der Waals surface area (Å²) in [6.07, 6.45) is 7.80. The lowest BCUT2D eigenvalue weighted by atomic mass is 10.1. The number of allylic oxidation sites excluding steroid dienone is 1. The van der Waals surface area contributed by atoms with Gasteiger partial charge >= 0.3 is 0 Å². The Balaban J connectivity index is 2.30. The number of hydrogen-bond donors (Lipinski definition) is 1. The summed E-state index contributed by atoms with van der Waals surface area (Å²) >= 11 is 1.38. The maximum atomic E-state index is 10.9. The standard InChI is InChI=1S/C8H13NOS/c1-9-8(10)11-7-5-3-2-4-6-7/h3,5,7H,2,4,6H2,1H3,(H,9,10)/t7-/m0/s1. The lowest BCUT2D eigenvalue weighted by Crippen LogP contribution is -2.16. The second-order valence-electron chi connectivity index (χ2n) is 2.55. The van der Waals surface area contributed by atoms with Crippen LogP contribution >= 0.6 is 11.8 Å². The van der Waals surface area contributed by atoms with E-state index in [4.69, 9.17) is 0 Å². The topological polar surface area (TPSA) is 29.1 Å². The van der Waals surface area contributed by atoms with Gasteiger partial charge in [0.1, 0.15) is 0 Å². The highest BCUT2D eigenvalue weighted by molar-refractivity contribution is 8.14. The fraction of sp³-hybridized carbons (Fsp3) is 0.625. The molecule has 1 N–H and O–H groups in total. The molecule has 0 spiro atoms. The van der Waals surface area contributed by atoms with Gasteiger partial charge in [-0.15, -0.1) is 0 Å². The minimum Gasteiger partial charge on any atom is -0.350 e. The first kappa shape index (κ1) is 8.65. The molecule has 0 saturated carbocycles. The van der Waals surface area contributed by atoms with Gasteiger partial charge < -0.3 is 5.32 Å². The summed E-state index contributed by atoms with van der Waals surface area (Å²) in [6, 6.07) is 0. The van der Waals surface area contributed by atoms with E-state index in [9.17, 15) is 4.79 Å². The molecule has 0 aromatic rings. The summed E-state index contributed by atoms with van der Waals surface area (Å²) < 4.78 is 0. The summed E-state index contributed by atoms with van der Waals surface area (Å²) in [5, 5.41) is 3.08. The number of carbonyl (C=O) groups excluding carboxylic acids is 1. The molecule has 1 amide bonds. The molecule has 62 valence electrons. The summed E-state index contributed by atoms with van der Waals surface area (Å²) in [4.78, 5) is 10.9. The van der Waals surface area contributed by atoms with Gasteiger partial charge in [0.15, 0.2) is 0 Å². The molecule has 1 atom stereocenters. The molecule has 0 unspecified atom stereocenters. The van der Waals surface area contributed by atoms with E-state index in [0.717, 1.165) is 6.42 Å². The molecule has 1 aliphatic rings. The van der Waals surface area contributed by atoms with Crippen LogP contribution < -0.4 is 5.32 Å². The van der Waals surface area contributed by atoms with E-state index in [1.165, 1.54) is 24.6 Å². The van der Waals surface area contributed by atoms with Crippen molar-refractivity contribution in [3.8, 4) is 0 Å². The van der Waals surface area contributed by atoms with Gasteiger partial charge in [-0.3, -0.25) is 4.79 Å². The monoisotopic (exact) mass is 171 g/mol. The quantitative estimate of drug-likeness (QED) is 0.613. The lowest BCUT2D eigenvalue weighted by molar-refractivity contribution is 0.262. The third kappa shape index (κ3) is 2.97. The van der Waals surface area contributed by atoms with Crippen molar-refractivity contribution in [2.75, 3.05) is 7.05 Å². The fourth-order valence-electron chi connectivity index (χ4n) is 1.08. The van der Waals surface area contributed by atoms with Crippen molar-refractivity contribution in [1.29, 1.82) is 0 Å². The van der Waals surface area contributed by atoms with Crippen LogP contribution in [0.15, 0.2) is 12.2 Å². The number of nitrogens with one attached hydrogen (secondary N) is 1. The molecule has 3 heteroatoms. The van der Waals surface area contributed by atoms with Crippen molar-refractivity contribution >= 4 is 17.0 Å². The average molecular weight is 171 g/mol. The third-order valence-electron chi connectivity index (χ3n) is 1.67. The van der Waals surface area contributed by atoms with Gasteiger partial charge in [-0.1, -0.05) is 23.9 Å². The second kappa shape index (κ2) is 4.44. The molecule has 0 fully saturated rings. The molecule has 0 aromatic carbocycles. The average Bonchev–Trinajstić information content (AvgIpc) is 2.06. The molecule has 0 heterocycles. The maximum absolute atomic E-state index is 10.9. The van der Waals surface area contributed by atoms with Gasteiger partial charge in [-0.05, 0) is 19.3 Å². The van der Waals surface area contributed by atoms with Crippen molar-refractivity contribution in [2.45, 2.75) is 24.5 Å². The maximum Gasteiger partial charge on any atom is 0.279 e. The number of hydrogen-bond acceptors (Lipinski definition) is 2. The Bertz CT molecular complexity index is 167. The molecule has 0 radical (unpaired) electrons. The Kier molecular flexibility index (Phi) is 3.49. The predicted molar refractivity (Wildman–Crippen MR) is 48.8 cm³/mol. The van der Waals surface area contributed by atoms with Crippen LogP contribution in [-0.2, 0) is 0 Å². The van der Waals surface area contributed by atoms with E-state index < -0.39 is 0 Å². The van der Waals surface area contributed by atoms with Crippen molar-refractivity contribution in [3.05, 3.63) is 12.2 Å². The van der Waals surface area contributed by atoms with Crippen LogP contribution in [0.2, 0.25) is 0 Å². The molecule has 0 aliphatic heterocycles. The van der Waals surface area contributed by atoms with Gasteiger partial charge in [0.25, 0.3) is 5.24 Å². The zero-order valence-corrected chi connectivity index (χ0v) is 7.49. The van der Waals surface area contributed by atoms with Crippen LogP contribution in [0.1, 0.15) is 19.3 Å². The summed E-state index contributed by atoms with van der Waals surface area (Å²) in [5.74, 6) is 0. The molecular weight excluding hydrogens is 158 g/mol. The highest BCUT2D eigenvalue weighted by Crippen LogP contribution is 2.23. The van der Waals surface area contributed by atoms with Gasteiger partial charge in [0.2, 0.25) is 0 Å². The third-order valence-corrected chi connectivity index (χ3v) is 2.79. The number of amides is 1. The fourth-order valence-corrected chi connectivity index (χ4v) is 1.94. The van der Waals surface area contributed by atoms with E-state index in [1.807, 2.05) is 0 Å². The highest BCUT2D eigenvalue weighted by atomic mass is 32.2. The molecule has 2 nitrogen and oxygen atoms in total. The first-order valence-corrected chi connectivity index (χ1v) is 4.76. The zero-order chi connectivity index (χ0) is 8.10. The van der Waals surface area contributed by atoms with Crippen LogP contribution in [0.5, 0.6) is 0 Å². The highest BCUT2D eigenvalue weighted by Gasteiger charge is 2.12. The first-order valence-electron chi connectivity index (χ1n) is 3.88. The Morgan fingerprint density at radius 3 is 3.09 bits per heavy atom. The molecular formula is C8H13NOS. The number of thioether (sulfide) groups is 1. The SMILES string of the molecule is CNC(=O)S[C@H]1C=CCCC1. The first-order chi connectivity index (χ1) is 5.33. The van der Waals surface area contributed by atoms with Crippen LogP contribution in [0, 0.1) is 0 Å². The van der Waals surface area contributed by atoms with Crippen LogP contribution in [0.4, 0.5) is 4.79 Å². The van der Waals surface area contributed by atoms with Crippen LogP contribution in [-0.4, -0.2) is 17.5 Å². The second-order valence-corrected chi connectivity index (χ2v) is 3.76. The molecule has 0 saturated heterocycles. The lowest BCUT2D eigenvalue weighted by Gasteiger charge is -2.13. The molecule has 1 aliphatic carbocycles. The summed E-state index contributed by atoms with van der Waals surface area (Å²) in [5.41, 5.74) is 0. The smallest absolute Gasteiger partial charge is 0.279 e. The zero-order valence-electron chi connectivity index (χ0n) is 6.67. The van der Waals surface area contributed by atoms with Crippen LogP contribution in [0.25, 0.3) is 0 Å². The minimum absolute atomic E-state index is 0.0709. The van der Waals surface area contributed by atoms with E-state index in [0.29, 0.717) is 5.25 Å². The summed E-state index contributed by atoms with van der Waals surface area (Å²) in [6.45, 7) is 0. The Morgan fingerprint density at radius 1 is 1.73 bits per heavy atom. The van der Waals surface area contributed by atoms with Crippen molar-refractivity contribution in [2.24, 2.45) is 0 Å². The van der Waals surface area contributed by atoms with E-state index in [2.05, 4.69) is 17.5 Å². The molecule has 0 bridgehead atoms.